The van der Waals surface area contributed by atoms with Crippen LogP contribution < -0.4 is 0 Å². The molecule has 0 unspecified atom stereocenters. The van der Waals surface area contributed by atoms with Gasteiger partial charge in [0.1, 0.15) is 0 Å². The number of halogens is 2. The second-order valence-electron chi connectivity index (χ2n) is 0.101. The monoisotopic (exact) mass is 218 g/mol. The molecular weight excluding hydrogens is 215 g/mol. The normalized spacial score (nSPS) is 2.00. The van der Waals surface area contributed by atoms with Gasteiger partial charge in [0.15, 0.2) is 0 Å². The van der Waals surface area contributed by atoms with E-state index in [4.69, 9.17) is 12.8 Å². The summed E-state index contributed by atoms with van der Waals surface area (Å²) in [6.07, 6.45) is 9.90. The summed E-state index contributed by atoms with van der Waals surface area (Å²) < 4.78 is 0. The summed E-state index contributed by atoms with van der Waals surface area (Å²) >= 11 is -0.931. The van der Waals surface area contributed by atoms with Crippen molar-refractivity contribution >= 4 is 89.1 Å². The third kappa shape index (κ3) is 18.9. The van der Waals surface area contributed by atoms with E-state index in [1.165, 1.54) is 0 Å². The molecule has 0 heterocycles. The molecule has 0 saturated heterocycles. The van der Waals surface area contributed by atoms with E-state index in [-0.39, 0.29) is 51.0 Å². The average molecular weight is 219 g/mol. The Morgan fingerprint density at radius 1 is 1.20 bits per heavy atom. The summed E-state index contributed by atoms with van der Waals surface area (Å²) in [7, 11) is 0. The Hall–Kier alpha value is 3.28. The van der Waals surface area contributed by atoms with Crippen molar-refractivity contribution < 1.29 is 5.48 Å². The van der Waals surface area contributed by atoms with Crippen LogP contribution in [-0.2, 0) is 0 Å². The molecule has 5 heteroatoms. The summed E-state index contributed by atoms with van der Waals surface area (Å²) in [5, 5.41) is 0. The zero-order chi connectivity index (χ0) is 2.71. The van der Waals surface area contributed by atoms with Gasteiger partial charge in [-0.15, -0.1) is 0 Å². The Labute approximate surface area is 91.7 Å². The summed E-state index contributed by atoms with van der Waals surface area (Å²) in [5.74, 6) is 0. The Kier molecular flexibility index (Phi) is 49.3. The number of hydrogen-bond acceptors (Lipinski definition) is 0. The van der Waals surface area contributed by atoms with E-state index in [1.807, 2.05) is 0 Å². The zero-order valence-electron chi connectivity index (χ0n) is 1.96. The fourth-order valence-corrected chi connectivity index (χ4v) is 0. The van der Waals surface area contributed by atoms with Crippen LogP contribution in [0.3, 0.4) is 0 Å². The topological polar surface area (TPSA) is 31.5 Å². The predicted octanol–water partition coefficient (Wildman–Crippen LogP) is -0.743. The van der Waals surface area contributed by atoms with Gasteiger partial charge in [-0.2, -0.15) is 0 Å². The molecule has 0 rings (SSSR count). The molecule has 28 valence electrons. The molecule has 0 aliphatic rings. The van der Waals surface area contributed by atoms with Gasteiger partial charge < -0.3 is 5.48 Å². The van der Waals surface area contributed by atoms with E-state index in [9.17, 15) is 0 Å². The molecule has 0 aromatic rings. The van der Waals surface area contributed by atoms with Crippen LogP contribution in [0.4, 0.5) is 0 Å². The Morgan fingerprint density at radius 3 is 1.20 bits per heavy atom. The first kappa shape index (κ1) is 15.7. The van der Waals surface area contributed by atoms with Crippen molar-refractivity contribution in [2.75, 3.05) is 0 Å². The first-order valence-electron chi connectivity index (χ1n) is 0.535. The van der Waals surface area contributed by atoms with E-state index >= 15 is 0 Å². The van der Waals surface area contributed by atoms with Gasteiger partial charge in [-0.25, -0.2) is 0 Å². The minimum atomic E-state index is -0.931. The zero-order valence-corrected chi connectivity index (χ0v) is 5.68. The quantitative estimate of drug-likeness (QED) is 0.480. The second kappa shape index (κ2) is 15.7. The summed E-state index contributed by atoms with van der Waals surface area (Å²) in [4.78, 5) is 0. The standard InChI is InChI=1S/Ca.2ClH.H2O.Sr.2H/h;2*1H;1H2;;;/q+2;;;;;;/p-2. The Balaban J connectivity index is -0.0000000200. The number of hydrogen-bond donors (Lipinski definition) is 0. The van der Waals surface area contributed by atoms with Gasteiger partial charge in [0.25, 0.3) is 0 Å². The summed E-state index contributed by atoms with van der Waals surface area (Å²) in [5.41, 5.74) is 0. The van der Waals surface area contributed by atoms with Crippen LogP contribution in [-0.4, -0.2) is 81.8 Å². The first-order valence-corrected chi connectivity index (χ1v) is 6.61. The molecule has 5 heavy (non-hydrogen) atoms. The van der Waals surface area contributed by atoms with Crippen molar-refractivity contribution in [2.45, 2.75) is 0 Å². The minimum absolute atomic E-state index is 0. The molecule has 1 nitrogen and oxygen atoms in total. The molecule has 0 fully saturated rings. The van der Waals surface area contributed by atoms with Crippen LogP contribution in [0.15, 0.2) is 0 Å². The van der Waals surface area contributed by atoms with Crippen LogP contribution in [0.1, 0.15) is 0 Å². The average Bonchev–Trinajstić information content (AvgIpc) is 0.918. The molecule has 0 amide bonds. The van der Waals surface area contributed by atoms with Crippen LogP contribution in [0.25, 0.3) is 0 Å². The number of rotatable bonds is 0. The van der Waals surface area contributed by atoms with Gasteiger partial charge in [-0.3, -0.25) is 0 Å². The molecule has 0 aromatic carbocycles. The van der Waals surface area contributed by atoms with Crippen molar-refractivity contribution in [1.29, 1.82) is 0 Å². The third-order valence-electron chi connectivity index (χ3n) is 0. The molecule has 0 aromatic heterocycles. The Morgan fingerprint density at radius 2 is 1.20 bits per heavy atom. The molecule has 0 aliphatic carbocycles. The van der Waals surface area contributed by atoms with Crippen molar-refractivity contribution in [3.8, 4) is 0 Å². The maximum atomic E-state index is 4.95. The van der Waals surface area contributed by atoms with Crippen LogP contribution in [0, 0.1) is 0 Å². The van der Waals surface area contributed by atoms with E-state index in [1.54, 1.807) is 0 Å². The van der Waals surface area contributed by atoms with Crippen molar-refractivity contribution in [3.63, 3.8) is 0 Å². The van der Waals surface area contributed by atoms with E-state index < -0.39 is 30.8 Å². The molecule has 0 bridgehead atoms. The molecule has 0 saturated carbocycles. The molecule has 0 spiro atoms. The maximum absolute atomic E-state index is 4.95. The van der Waals surface area contributed by atoms with E-state index in [2.05, 4.69) is 0 Å². The summed E-state index contributed by atoms with van der Waals surface area (Å²) in [6.45, 7) is 0. The first-order chi connectivity index (χ1) is 1.41. The van der Waals surface area contributed by atoms with Gasteiger partial charge in [0, 0.05) is 0 Å². The third-order valence-corrected chi connectivity index (χ3v) is 0. The Bertz CT molecular complexity index is 9.61. The van der Waals surface area contributed by atoms with Crippen molar-refractivity contribution in [1.82, 2.24) is 0 Å². The fraction of sp³-hybridized carbons (Fsp3) is 0. The van der Waals surface area contributed by atoms with E-state index in [0.29, 0.717) is 0 Å². The van der Waals surface area contributed by atoms with Crippen molar-refractivity contribution in [2.24, 2.45) is 0 Å². The van der Waals surface area contributed by atoms with Gasteiger partial charge >= 0.3 is 89.1 Å². The van der Waals surface area contributed by atoms with Gasteiger partial charge in [-0.1, -0.05) is 0 Å². The molecule has 0 radical (unpaired) electrons. The second-order valence-corrected chi connectivity index (χ2v) is 3.75. The predicted molar refractivity (Wildman–Crippen MR) is 29.6 cm³/mol. The molecule has 0 atom stereocenters. The van der Waals surface area contributed by atoms with Gasteiger partial charge in [0.2, 0.25) is 0 Å². The van der Waals surface area contributed by atoms with Gasteiger partial charge in [-0.05, 0) is 0 Å². The van der Waals surface area contributed by atoms with E-state index in [0.717, 1.165) is 0 Å². The van der Waals surface area contributed by atoms with Crippen LogP contribution >= 0.6 is 12.8 Å². The molecule has 2 N–H and O–H groups in total. The molecular formula is H4CaCl2OSr. The van der Waals surface area contributed by atoms with Crippen LogP contribution in [0.5, 0.6) is 0 Å². The summed E-state index contributed by atoms with van der Waals surface area (Å²) in [6, 6.07) is 0. The van der Waals surface area contributed by atoms with Crippen LogP contribution in [0.2, 0.25) is 0 Å². The fourth-order valence-electron chi connectivity index (χ4n) is 0. The SMILES string of the molecule is O.[Cl][Ca][Cl].[SrH2]. The molecule has 0 aliphatic heterocycles. The van der Waals surface area contributed by atoms with Crippen molar-refractivity contribution in [3.05, 3.63) is 0 Å². The van der Waals surface area contributed by atoms with Gasteiger partial charge in [0.05, 0.1) is 0 Å².